The van der Waals surface area contributed by atoms with Crippen molar-refractivity contribution in [3.8, 4) is 0 Å². The molecule has 1 aliphatic heterocycles. The quantitative estimate of drug-likeness (QED) is 0.711. The van der Waals surface area contributed by atoms with Gasteiger partial charge < -0.3 is 5.73 Å². The smallest absolute Gasteiger partial charge is 0.285 e. The van der Waals surface area contributed by atoms with Gasteiger partial charge in [0.15, 0.2) is 0 Å². The van der Waals surface area contributed by atoms with Crippen LogP contribution in [0.3, 0.4) is 0 Å². The van der Waals surface area contributed by atoms with E-state index in [-0.39, 0.29) is 12.1 Å². The van der Waals surface area contributed by atoms with Gasteiger partial charge in [0.25, 0.3) is 5.91 Å². The number of carbonyl (C=O) groups excluding carboxylic acids is 2. The normalized spacial score (nSPS) is 16.3. The van der Waals surface area contributed by atoms with Crippen LogP contribution >= 0.6 is 11.6 Å². The van der Waals surface area contributed by atoms with Crippen molar-refractivity contribution in [2.45, 2.75) is 12.5 Å². The lowest BCUT2D eigenvalue weighted by atomic mass is 10.1. The summed E-state index contributed by atoms with van der Waals surface area (Å²) in [5.74, 6) is -0.983. The average molecular weight is 358 g/mol. The highest BCUT2D eigenvalue weighted by atomic mass is 35.5. The molecule has 0 radical (unpaired) electrons. The summed E-state index contributed by atoms with van der Waals surface area (Å²) in [4.78, 5) is 24.0. The molecular formula is C17H16ClN5O2. The van der Waals surface area contributed by atoms with Gasteiger partial charge >= 0.3 is 0 Å². The summed E-state index contributed by atoms with van der Waals surface area (Å²) >= 11 is 5.89. The lowest BCUT2D eigenvalue weighted by Crippen LogP contribution is -2.40. The van der Waals surface area contributed by atoms with E-state index in [1.165, 1.54) is 5.01 Å². The molecule has 1 heterocycles. The molecule has 0 aliphatic carbocycles. The molecule has 0 saturated carbocycles. The van der Waals surface area contributed by atoms with E-state index in [0.29, 0.717) is 16.4 Å². The molecule has 0 spiro atoms. The first-order valence-electron chi connectivity index (χ1n) is 7.57. The molecule has 2 aromatic rings. The van der Waals surface area contributed by atoms with Gasteiger partial charge in [-0.05, 0) is 30.3 Å². The zero-order valence-corrected chi connectivity index (χ0v) is 13.9. The third-order valence-electron chi connectivity index (χ3n) is 3.67. The van der Waals surface area contributed by atoms with Gasteiger partial charge in [0.1, 0.15) is 11.8 Å². The zero-order valence-electron chi connectivity index (χ0n) is 13.1. The Hall–Kier alpha value is -3.06. The molecule has 2 aromatic carbocycles. The van der Waals surface area contributed by atoms with Gasteiger partial charge in [-0.1, -0.05) is 35.9 Å². The summed E-state index contributed by atoms with van der Waals surface area (Å²) in [5.41, 5.74) is 12.3. The molecule has 0 fully saturated rings. The van der Waals surface area contributed by atoms with Gasteiger partial charge in [0.05, 0.1) is 11.4 Å². The second-order valence-electron chi connectivity index (χ2n) is 5.44. The summed E-state index contributed by atoms with van der Waals surface area (Å²) in [6, 6.07) is 15.3. The third-order valence-corrected chi connectivity index (χ3v) is 3.90. The van der Waals surface area contributed by atoms with Crippen molar-refractivity contribution in [3.05, 3.63) is 59.6 Å². The number of nitrogens with one attached hydrogen (secondary N) is 2. The van der Waals surface area contributed by atoms with Crippen LogP contribution in [0.2, 0.25) is 5.02 Å². The number of primary amides is 1. The summed E-state index contributed by atoms with van der Waals surface area (Å²) < 4.78 is 0. The molecule has 25 heavy (non-hydrogen) atoms. The largest absolute Gasteiger partial charge is 0.368 e. The second kappa shape index (κ2) is 7.23. The number of carbonyl (C=O) groups is 2. The van der Waals surface area contributed by atoms with E-state index in [4.69, 9.17) is 17.3 Å². The number of halogens is 1. The Morgan fingerprint density at radius 1 is 1.16 bits per heavy atom. The molecule has 1 aliphatic rings. The predicted molar refractivity (Wildman–Crippen MR) is 97.2 cm³/mol. The first kappa shape index (κ1) is 16.8. The molecule has 7 nitrogen and oxygen atoms in total. The van der Waals surface area contributed by atoms with Crippen molar-refractivity contribution in [2.75, 3.05) is 10.4 Å². The zero-order chi connectivity index (χ0) is 17.8. The maximum atomic E-state index is 12.3. The fraction of sp³-hybridized carbons (Fsp3) is 0.118. The number of nitrogens with two attached hydrogens (primary N) is 1. The van der Waals surface area contributed by atoms with Crippen molar-refractivity contribution >= 4 is 40.5 Å². The average Bonchev–Trinajstić information content (AvgIpc) is 3.06. The van der Waals surface area contributed by atoms with E-state index in [1.807, 2.05) is 18.2 Å². The van der Waals surface area contributed by atoms with Crippen LogP contribution in [0, 0.1) is 0 Å². The molecule has 0 aromatic heterocycles. The number of hydrazine groups is 1. The first-order valence-corrected chi connectivity index (χ1v) is 7.95. The van der Waals surface area contributed by atoms with Crippen molar-refractivity contribution in [3.63, 3.8) is 0 Å². The number of hydrogen-bond acceptors (Lipinski definition) is 5. The second-order valence-corrected chi connectivity index (χ2v) is 5.88. The number of hydrazone groups is 1. The standard InChI is InChI=1S/C17H16ClN5O2/c18-11-5-4-6-12(9-11)20-21-17(25)14-10-15(16(19)24)23(22-14)13-7-2-1-3-8-13/h1-9,15,20H,10H2,(H2,19,24)(H,21,25). The summed E-state index contributed by atoms with van der Waals surface area (Å²) in [6.45, 7) is 0. The molecule has 1 unspecified atom stereocenters. The Labute approximate surface area is 149 Å². The molecule has 8 heteroatoms. The molecule has 3 rings (SSSR count). The highest BCUT2D eigenvalue weighted by molar-refractivity contribution is 6.40. The summed E-state index contributed by atoms with van der Waals surface area (Å²) in [7, 11) is 0. The van der Waals surface area contributed by atoms with Gasteiger partial charge in [0, 0.05) is 11.4 Å². The van der Waals surface area contributed by atoms with E-state index in [2.05, 4.69) is 16.0 Å². The minimum Gasteiger partial charge on any atom is -0.368 e. The van der Waals surface area contributed by atoms with Gasteiger partial charge in [0.2, 0.25) is 5.91 Å². The Morgan fingerprint density at radius 2 is 1.92 bits per heavy atom. The molecular weight excluding hydrogens is 342 g/mol. The Kier molecular flexibility index (Phi) is 4.85. The van der Waals surface area contributed by atoms with Crippen LogP contribution < -0.4 is 21.6 Å². The van der Waals surface area contributed by atoms with Gasteiger partial charge in [-0.15, -0.1) is 0 Å². The van der Waals surface area contributed by atoms with Gasteiger partial charge in [-0.25, -0.2) is 0 Å². The number of hydrogen-bond donors (Lipinski definition) is 3. The van der Waals surface area contributed by atoms with Crippen molar-refractivity contribution in [2.24, 2.45) is 10.8 Å². The maximum absolute atomic E-state index is 12.3. The summed E-state index contributed by atoms with van der Waals surface area (Å²) in [5, 5.41) is 6.27. The highest BCUT2D eigenvalue weighted by Crippen LogP contribution is 2.24. The number of para-hydroxylation sites is 1. The van der Waals surface area contributed by atoms with Crippen molar-refractivity contribution in [1.29, 1.82) is 0 Å². The predicted octanol–water partition coefficient (Wildman–Crippen LogP) is 1.90. The van der Waals surface area contributed by atoms with E-state index < -0.39 is 17.9 Å². The third kappa shape index (κ3) is 3.89. The monoisotopic (exact) mass is 357 g/mol. The van der Waals surface area contributed by atoms with Crippen LogP contribution in [0.25, 0.3) is 0 Å². The number of rotatable bonds is 5. The van der Waals surface area contributed by atoms with E-state index in [0.717, 1.165) is 0 Å². The van der Waals surface area contributed by atoms with Crippen LogP contribution in [0.1, 0.15) is 6.42 Å². The molecule has 4 N–H and O–H groups in total. The maximum Gasteiger partial charge on any atom is 0.285 e. The fourth-order valence-electron chi connectivity index (χ4n) is 2.46. The molecule has 2 amide bonds. The van der Waals surface area contributed by atoms with Crippen LogP contribution in [0.15, 0.2) is 59.7 Å². The topological polar surface area (TPSA) is 99.8 Å². The Bertz CT molecular complexity index is 825. The lowest BCUT2D eigenvalue weighted by Gasteiger charge is -2.20. The fourth-order valence-corrected chi connectivity index (χ4v) is 2.65. The number of benzene rings is 2. The lowest BCUT2D eigenvalue weighted by molar-refractivity contribution is -0.119. The molecule has 1 atom stereocenters. The van der Waals surface area contributed by atoms with Gasteiger partial charge in [-0.2, -0.15) is 5.10 Å². The molecule has 128 valence electrons. The summed E-state index contributed by atoms with van der Waals surface area (Å²) in [6.07, 6.45) is 0.132. The van der Waals surface area contributed by atoms with Crippen LogP contribution in [0.5, 0.6) is 0 Å². The SMILES string of the molecule is NC(=O)C1CC(C(=O)NNc2cccc(Cl)c2)=NN1c1ccccc1. The Morgan fingerprint density at radius 3 is 2.60 bits per heavy atom. The molecule has 0 saturated heterocycles. The van der Waals surface area contributed by atoms with Crippen molar-refractivity contribution < 1.29 is 9.59 Å². The van der Waals surface area contributed by atoms with Crippen LogP contribution in [0.4, 0.5) is 11.4 Å². The number of anilines is 2. The minimum absolute atomic E-state index is 0.132. The van der Waals surface area contributed by atoms with E-state index in [1.54, 1.807) is 36.4 Å². The van der Waals surface area contributed by atoms with Gasteiger partial charge in [-0.3, -0.25) is 25.4 Å². The van der Waals surface area contributed by atoms with Crippen molar-refractivity contribution in [1.82, 2.24) is 5.43 Å². The number of amides is 2. The number of nitrogens with zero attached hydrogens (tertiary/aromatic N) is 2. The Balaban J connectivity index is 1.73. The first-order chi connectivity index (χ1) is 12.0. The van der Waals surface area contributed by atoms with E-state index in [9.17, 15) is 9.59 Å². The van der Waals surface area contributed by atoms with Crippen LogP contribution in [-0.2, 0) is 9.59 Å². The van der Waals surface area contributed by atoms with Crippen LogP contribution in [-0.4, -0.2) is 23.6 Å². The van der Waals surface area contributed by atoms with E-state index >= 15 is 0 Å². The highest BCUT2D eigenvalue weighted by Gasteiger charge is 2.34. The minimum atomic E-state index is -0.700. The molecule has 0 bridgehead atoms.